The fourth-order valence-electron chi connectivity index (χ4n) is 4.86. The van der Waals surface area contributed by atoms with Gasteiger partial charge in [-0.25, -0.2) is 4.79 Å². The lowest BCUT2D eigenvalue weighted by atomic mass is 9.96. The van der Waals surface area contributed by atoms with Crippen molar-refractivity contribution in [1.29, 1.82) is 5.26 Å². The van der Waals surface area contributed by atoms with Crippen molar-refractivity contribution >= 4 is 46.5 Å². The summed E-state index contributed by atoms with van der Waals surface area (Å²) in [5.41, 5.74) is 0.853. The van der Waals surface area contributed by atoms with Crippen molar-refractivity contribution in [1.82, 2.24) is 14.5 Å². The van der Waals surface area contributed by atoms with Crippen LogP contribution in [-0.2, 0) is 17.9 Å². The second-order valence-corrected chi connectivity index (χ2v) is 10.1. The molecule has 3 aromatic rings. The van der Waals surface area contributed by atoms with Gasteiger partial charge in [0.25, 0.3) is 5.56 Å². The number of hydrogen-bond donors (Lipinski definition) is 2. The Balaban J connectivity index is 0.00000336. The van der Waals surface area contributed by atoms with Gasteiger partial charge in [-0.1, -0.05) is 11.6 Å². The molecule has 11 heteroatoms. The van der Waals surface area contributed by atoms with Crippen molar-refractivity contribution in [2.75, 3.05) is 25.0 Å². The summed E-state index contributed by atoms with van der Waals surface area (Å²) in [6.07, 6.45) is 2.06. The summed E-state index contributed by atoms with van der Waals surface area (Å²) in [5.74, 6) is 0.342. The molecule has 200 valence electrons. The summed E-state index contributed by atoms with van der Waals surface area (Å²) >= 11 is 6.09. The van der Waals surface area contributed by atoms with E-state index in [-0.39, 0.29) is 41.4 Å². The van der Waals surface area contributed by atoms with Crippen LogP contribution in [-0.4, -0.2) is 34.7 Å². The van der Waals surface area contributed by atoms with Crippen LogP contribution in [0.3, 0.4) is 0 Å². The molecule has 2 N–H and O–H groups in total. The van der Waals surface area contributed by atoms with E-state index in [1.807, 2.05) is 13.0 Å². The lowest BCUT2D eigenvalue weighted by Gasteiger charge is -2.19. The summed E-state index contributed by atoms with van der Waals surface area (Å²) in [6, 6.07) is 12.0. The maximum atomic E-state index is 13.2. The number of nitrogens with one attached hydrogen (secondary N) is 2. The Kier molecular flexibility index (Phi) is 8.46. The highest BCUT2D eigenvalue weighted by Gasteiger charge is 2.33. The third-order valence-electron chi connectivity index (χ3n) is 7.15. The third-order valence-corrected chi connectivity index (χ3v) is 7.46. The summed E-state index contributed by atoms with van der Waals surface area (Å²) < 4.78 is 8.81. The van der Waals surface area contributed by atoms with Crippen molar-refractivity contribution in [3.8, 4) is 11.8 Å². The second kappa shape index (κ2) is 11.6. The summed E-state index contributed by atoms with van der Waals surface area (Å²) in [6.45, 7) is 4.19. The van der Waals surface area contributed by atoms with Gasteiger partial charge >= 0.3 is 5.69 Å². The van der Waals surface area contributed by atoms with Crippen LogP contribution >= 0.6 is 24.0 Å². The van der Waals surface area contributed by atoms with Gasteiger partial charge in [0.2, 0.25) is 5.91 Å². The lowest BCUT2D eigenvalue weighted by molar-refractivity contribution is -0.120. The minimum atomic E-state index is -0.333. The minimum absolute atomic E-state index is 0. The summed E-state index contributed by atoms with van der Waals surface area (Å²) in [7, 11) is 0. The number of nitrogens with zero attached hydrogens (tertiary/aromatic N) is 3. The lowest BCUT2D eigenvalue weighted by Crippen LogP contribution is -2.40. The van der Waals surface area contributed by atoms with Crippen molar-refractivity contribution < 1.29 is 9.53 Å². The molecule has 5 rings (SSSR count). The maximum Gasteiger partial charge on any atom is 0.331 e. The fourth-order valence-corrected chi connectivity index (χ4v) is 5.07. The molecular formula is C27H29Cl2N5O4. The average molecular weight is 558 g/mol. The molecule has 1 saturated heterocycles. The SMILES string of the molecule is CCn1c(=O)n(CC2CC2)c(=O)c2cc(NC(=O)C3CNCC3COc3ccc(C#N)c(Cl)c3)ccc21.Cl. The summed E-state index contributed by atoms with van der Waals surface area (Å²) in [5, 5.41) is 16.0. The zero-order valence-corrected chi connectivity index (χ0v) is 22.5. The number of ether oxygens (including phenoxy) is 1. The number of fused-ring (bicyclic) bond motifs is 1. The molecule has 38 heavy (non-hydrogen) atoms. The number of halogens is 2. The van der Waals surface area contributed by atoms with Crippen molar-refractivity contribution in [3.63, 3.8) is 0 Å². The van der Waals surface area contributed by atoms with Crippen molar-refractivity contribution in [2.24, 2.45) is 17.8 Å². The van der Waals surface area contributed by atoms with E-state index >= 15 is 0 Å². The Bertz CT molecular complexity index is 1520. The van der Waals surface area contributed by atoms with E-state index in [4.69, 9.17) is 21.6 Å². The predicted molar refractivity (Wildman–Crippen MR) is 148 cm³/mol. The molecule has 2 atom stereocenters. The highest BCUT2D eigenvalue weighted by molar-refractivity contribution is 6.31. The Labute approximate surface area is 230 Å². The first kappa shape index (κ1) is 27.7. The number of rotatable bonds is 8. The van der Waals surface area contributed by atoms with Gasteiger partial charge in [-0.05, 0) is 56.0 Å². The van der Waals surface area contributed by atoms with Gasteiger partial charge in [0, 0.05) is 43.9 Å². The highest BCUT2D eigenvalue weighted by atomic mass is 35.5. The molecule has 2 fully saturated rings. The molecule has 9 nitrogen and oxygen atoms in total. The van der Waals surface area contributed by atoms with Crippen molar-refractivity contribution in [2.45, 2.75) is 32.9 Å². The van der Waals surface area contributed by atoms with Gasteiger partial charge in [-0.3, -0.25) is 18.7 Å². The molecular weight excluding hydrogens is 529 g/mol. The molecule has 2 aliphatic rings. The first-order valence-corrected chi connectivity index (χ1v) is 12.9. The predicted octanol–water partition coefficient (Wildman–Crippen LogP) is 3.39. The van der Waals surface area contributed by atoms with Crippen LogP contribution in [0.1, 0.15) is 25.3 Å². The van der Waals surface area contributed by atoms with Crippen LogP contribution in [0.2, 0.25) is 5.02 Å². The van der Waals surface area contributed by atoms with Gasteiger partial charge in [0.15, 0.2) is 0 Å². The number of aromatic nitrogens is 2. The van der Waals surface area contributed by atoms with E-state index < -0.39 is 0 Å². The van der Waals surface area contributed by atoms with E-state index in [0.29, 0.717) is 71.6 Å². The minimum Gasteiger partial charge on any atom is -0.493 e. The summed E-state index contributed by atoms with van der Waals surface area (Å²) in [4.78, 5) is 39.3. The normalized spacial score (nSPS) is 18.6. The Morgan fingerprint density at radius 3 is 2.66 bits per heavy atom. The zero-order valence-electron chi connectivity index (χ0n) is 20.9. The molecule has 1 aliphatic carbocycles. The second-order valence-electron chi connectivity index (χ2n) is 9.70. The van der Waals surface area contributed by atoms with Crippen LogP contribution in [0.4, 0.5) is 5.69 Å². The Morgan fingerprint density at radius 2 is 1.97 bits per heavy atom. The number of carbonyl (C=O) groups is 1. The number of benzene rings is 2. The van der Waals surface area contributed by atoms with Crippen LogP contribution in [0.15, 0.2) is 46.0 Å². The zero-order chi connectivity index (χ0) is 26.1. The molecule has 2 aromatic carbocycles. The van der Waals surface area contributed by atoms with E-state index in [0.717, 1.165) is 12.8 Å². The largest absolute Gasteiger partial charge is 0.493 e. The highest BCUT2D eigenvalue weighted by Crippen LogP contribution is 2.30. The molecule has 1 aromatic heterocycles. The van der Waals surface area contributed by atoms with Gasteiger partial charge < -0.3 is 15.4 Å². The average Bonchev–Trinajstić information content (AvgIpc) is 3.59. The molecule has 1 amide bonds. The topological polar surface area (TPSA) is 118 Å². The van der Waals surface area contributed by atoms with Crippen LogP contribution < -0.4 is 26.6 Å². The quantitative estimate of drug-likeness (QED) is 0.438. The van der Waals surface area contributed by atoms with Crippen LogP contribution in [0, 0.1) is 29.1 Å². The van der Waals surface area contributed by atoms with E-state index in [1.54, 1.807) is 41.0 Å². The number of amides is 1. The number of hydrogen-bond acceptors (Lipinski definition) is 6. The third kappa shape index (κ3) is 5.58. The Hall–Kier alpha value is -3.32. The van der Waals surface area contributed by atoms with Crippen LogP contribution in [0.5, 0.6) is 5.75 Å². The van der Waals surface area contributed by atoms with Gasteiger partial charge in [-0.15, -0.1) is 12.4 Å². The Morgan fingerprint density at radius 1 is 1.18 bits per heavy atom. The number of aryl methyl sites for hydroxylation is 1. The number of nitriles is 1. The fraction of sp³-hybridized carbons (Fsp3) is 0.407. The smallest absolute Gasteiger partial charge is 0.331 e. The van der Waals surface area contributed by atoms with Crippen LogP contribution in [0.25, 0.3) is 10.9 Å². The van der Waals surface area contributed by atoms with Gasteiger partial charge in [0.05, 0.1) is 34.0 Å². The van der Waals surface area contributed by atoms with E-state index in [2.05, 4.69) is 10.6 Å². The standard InChI is InChI=1S/C27H28ClN5O4.ClH/c1-2-32-24-8-6-19(9-21(24)26(35)33(27(32)36)14-16-3-4-16)31-25(34)22-13-30-12-18(22)15-37-20-7-5-17(11-29)23(28)10-20;/h5-10,16,18,22,30H,2-4,12-15H2,1H3,(H,31,34);1H. The van der Waals surface area contributed by atoms with Crippen molar-refractivity contribution in [3.05, 3.63) is 67.8 Å². The molecule has 0 spiro atoms. The first-order valence-electron chi connectivity index (χ1n) is 12.5. The number of anilines is 1. The molecule has 1 aliphatic heterocycles. The molecule has 2 heterocycles. The van der Waals surface area contributed by atoms with E-state index in [9.17, 15) is 14.4 Å². The van der Waals surface area contributed by atoms with E-state index in [1.165, 1.54) is 4.57 Å². The molecule has 0 radical (unpaired) electrons. The molecule has 2 unspecified atom stereocenters. The number of carbonyl (C=O) groups excluding carboxylic acids is 1. The molecule has 1 saturated carbocycles. The monoisotopic (exact) mass is 557 g/mol. The maximum absolute atomic E-state index is 13.2. The van der Waals surface area contributed by atoms with Gasteiger partial charge in [-0.2, -0.15) is 5.26 Å². The van der Waals surface area contributed by atoms with Gasteiger partial charge in [0.1, 0.15) is 11.8 Å². The first-order chi connectivity index (χ1) is 17.9. The molecule has 0 bridgehead atoms.